The molecule has 0 aromatic heterocycles. The lowest BCUT2D eigenvalue weighted by Crippen LogP contribution is -2.30. The number of ether oxygens (including phenoxy) is 2. The molecule has 0 saturated carbocycles. The van der Waals surface area contributed by atoms with Gasteiger partial charge in [0.15, 0.2) is 6.10 Å². The van der Waals surface area contributed by atoms with Crippen molar-refractivity contribution in [3.63, 3.8) is 0 Å². The molecule has 2 aromatic carbocycles. The van der Waals surface area contributed by atoms with Gasteiger partial charge in [0.05, 0.1) is 12.8 Å². The number of nitrogens with one attached hydrogen (secondary N) is 1. The number of carbonyl (C=O) groups excluding carboxylic acids is 1. The topological polar surface area (TPSA) is 47.6 Å². The van der Waals surface area contributed by atoms with Gasteiger partial charge in [-0.1, -0.05) is 6.07 Å². The van der Waals surface area contributed by atoms with Crippen molar-refractivity contribution >= 4 is 11.6 Å². The minimum Gasteiger partial charge on any atom is -0.497 e. The molecule has 1 atom stereocenters. The molecule has 0 aliphatic heterocycles. The average Bonchev–Trinajstić information content (AvgIpc) is 2.50. The van der Waals surface area contributed by atoms with Gasteiger partial charge in [0.25, 0.3) is 5.91 Å². The minimum atomic E-state index is -0.864. The first-order valence-corrected chi connectivity index (χ1v) is 6.56. The highest BCUT2D eigenvalue weighted by Gasteiger charge is 2.17. The monoisotopic (exact) mass is 307 g/mol. The van der Waals surface area contributed by atoms with Crippen LogP contribution in [0.1, 0.15) is 6.92 Å². The smallest absolute Gasteiger partial charge is 0.265 e. The van der Waals surface area contributed by atoms with Crippen LogP contribution < -0.4 is 14.8 Å². The number of rotatable bonds is 5. The van der Waals surface area contributed by atoms with Crippen LogP contribution in [0.5, 0.6) is 11.5 Å². The third-order valence-electron chi connectivity index (χ3n) is 2.91. The molecule has 0 unspecified atom stereocenters. The van der Waals surface area contributed by atoms with Crippen molar-refractivity contribution in [2.45, 2.75) is 13.0 Å². The summed E-state index contributed by atoms with van der Waals surface area (Å²) in [5, 5.41) is 2.35. The van der Waals surface area contributed by atoms with Crippen LogP contribution in [-0.2, 0) is 4.79 Å². The van der Waals surface area contributed by atoms with Crippen LogP contribution in [0, 0.1) is 11.6 Å². The van der Waals surface area contributed by atoms with Gasteiger partial charge in [-0.3, -0.25) is 4.79 Å². The lowest BCUT2D eigenvalue weighted by molar-refractivity contribution is -0.122. The highest BCUT2D eigenvalue weighted by molar-refractivity contribution is 5.94. The maximum Gasteiger partial charge on any atom is 0.265 e. The number of halogens is 2. The molecule has 1 N–H and O–H groups in total. The van der Waals surface area contributed by atoms with Gasteiger partial charge >= 0.3 is 0 Å². The zero-order chi connectivity index (χ0) is 16.1. The zero-order valence-corrected chi connectivity index (χ0v) is 12.1. The lowest BCUT2D eigenvalue weighted by atomic mass is 10.2. The summed E-state index contributed by atoms with van der Waals surface area (Å²) in [5.74, 6) is -1.07. The molecule has 6 heteroatoms. The molecule has 2 rings (SSSR count). The molecule has 0 bridgehead atoms. The summed E-state index contributed by atoms with van der Waals surface area (Å²) < 4.78 is 36.8. The van der Waals surface area contributed by atoms with E-state index < -0.39 is 23.6 Å². The summed E-state index contributed by atoms with van der Waals surface area (Å²) >= 11 is 0. The number of carbonyl (C=O) groups is 1. The van der Waals surface area contributed by atoms with Crippen LogP contribution >= 0.6 is 0 Å². The third-order valence-corrected chi connectivity index (χ3v) is 2.91. The summed E-state index contributed by atoms with van der Waals surface area (Å²) in [4.78, 5) is 12.0. The Morgan fingerprint density at radius 2 is 1.86 bits per heavy atom. The minimum absolute atomic E-state index is 0.104. The largest absolute Gasteiger partial charge is 0.497 e. The second-order valence-corrected chi connectivity index (χ2v) is 4.55. The number of benzene rings is 2. The van der Waals surface area contributed by atoms with Gasteiger partial charge in [-0.25, -0.2) is 8.78 Å². The molecule has 0 aliphatic rings. The van der Waals surface area contributed by atoms with Crippen molar-refractivity contribution in [2.24, 2.45) is 0 Å². The summed E-state index contributed by atoms with van der Waals surface area (Å²) in [6.07, 6.45) is -0.864. The predicted octanol–water partition coefficient (Wildman–Crippen LogP) is 3.38. The van der Waals surface area contributed by atoms with E-state index in [1.807, 2.05) is 0 Å². The van der Waals surface area contributed by atoms with Crippen molar-refractivity contribution in [1.82, 2.24) is 0 Å². The Balaban J connectivity index is 2.02. The Kier molecular flexibility index (Phi) is 4.93. The fraction of sp³-hybridized carbons (Fsp3) is 0.188. The zero-order valence-electron chi connectivity index (χ0n) is 12.1. The number of hydrogen-bond acceptors (Lipinski definition) is 3. The summed E-state index contributed by atoms with van der Waals surface area (Å²) in [6, 6.07) is 9.67. The number of hydrogen-bond donors (Lipinski definition) is 1. The van der Waals surface area contributed by atoms with E-state index in [-0.39, 0.29) is 5.69 Å². The first kappa shape index (κ1) is 15.8. The van der Waals surface area contributed by atoms with Crippen molar-refractivity contribution in [3.05, 3.63) is 54.1 Å². The Morgan fingerprint density at radius 1 is 1.14 bits per heavy atom. The highest BCUT2D eigenvalue weighted by atomic mass is 19.1. The number of methoxy groups -OCH3 is 1. The second-order valence-electron chi connectivity index (χ2n) is 4.55. The number of amides is 1. The maximum atomic E-state index is 13.5. The normalized spacial score (nSPS) is 11.6. The fourth-order valence-electron chi connectivity index (χ4n) is 1.76. The molecular weight excluding hydrogens is 292 g/mol. The molecule has 0 aliphatic carbocycles. The molecule has 22 heavy (non-hydrogen) atoms. The van der Waals surface area contributed by atoms with Gasteiger partial charge in [0, 0.05) is 12.1 Å². The molecular formula is C16H15F2NO3. The predicted molar refractivity (Wildman–Crippen MR) is 78.1 cm³/mol. The molecule has 0 saturated heterocycles. The van der Waals surface area contributed by atoms with Crippen molar-refractivity contribution in [1.29, 1.82) is 0 Å². The Bertz CT molecular complexity index is 676. The van der Waals surface area contributed by atoms with E-state index in [4.69, 9.17) is 9.47 Å². The quantitative estimate of drug-likeness (QED) is 0.921. The molecule has 0 fully saturated rings. The Morgan fingerprint density at radius 3 is 2.55 bits per heavy atom. The fourth-order valence-corrected chi connectivity index (χ4v) is 1.76. The molecule has 116 valence electrons. The highest BCUT2D eigenvalue weighted by Crippen LogP contribution is 2.21. The van der Waals surface area contributed by atoms with Gasteiger partial charge in [-0.15, -0.1) is 0 Å². The van der Waals surface area contributed by atoms with Crippen LogP contribution in [0.25, 0.3) is 0 Å². The summed E-state index contributed by atoms with van der Waals surface area (Å²) in [6.45, 7) is 1.52. The third kappa shape index (κ3) is 3.94. The molecule has 0 radical (unpaired) electrons. The van der Waals surface area contributed by atoms with E-state index in [9.17, 15) is 13.6 Å². The maximum absolute atomic E-state index is 13.5. The summed E-state index contributed by atoms with van der Waals surface area (Å²) in [7, 11) is 1.52. The molecule has 1 amide bonds. The van der Waals surface area contributed by atoms with Gasteiger partial charge in [-0.2, -0.15) is 0 Å². The van der Waals surface area contributed by atoms with Crippen LogP contribution in [0.4, 0.5) is 14.5 Å². The lowest BCUT2D eigenvalue weighted by Gasteiger charge is -2.15. The van der Waals surface area contributed by atoms with Gasteiger partial charge < -0.3 is 14.8 Å². The second kappa shape index (κ2) is 6.89. The van der Waals surface area contributed by atoms with Crippen LogP contribution in [0.3, 0.4) is 0 Å². The first-order chi connectivity index (χ1) is 10.5. The SMILES string of the molecule is COc1cccc(O[C@H](C)C(=O)Nc2ccc(F)cc2F)c1. The Hall–Kier alpha value is -2.63. The van der Waals surface area contributed by atoms with Gasteiger partial charge in [0.2, 0.25) is 0 Å². The standard InChI is InChI=1S/C16H15F2NO3/c1-10(22-13-5-3-4-12(9-13)21-2)16(20)19-15-7-6-11(17)8-14(15)18/h3-10H,1-2H3,(H,19,20)/t10-/m1/s1. The summed E-state index contributed by atoms with van der Waals surface area (Å²) in [5.41, 5.74) is -0.104. The molecule has 2 aromatic rings. The van der Waals surface area contributed by atoms with E-state index in [0.717, 1.165) is 12.1 Å². The van der Waals surface area contributed by atoms with E-state index in [1.165, 1.54) is 14.0 Å². The molecule has 0 heterocycles. The van der Waals surface area contributed by atoms with E-state index >= 15 is 0 Å². The average molecular weight is 307 g/mol. The van der Waals surface area contributed by atoms with Crippen molar-refractivity contribution < 1.29 is 23.0 Å². The first-order valence-electron chi connectivity index (χ1n) is 6.56. The van der Waals surface area contributed by atoms with Gasteiger partial charge in [0.1, 0.15) is 23.1 Å². The van der Waals surface area contributed by atoms with Crippen LogP contribution in [0.15, 0.2) is 42.5 Å². The molecule has 0 spiro atoms. The number of anilines is 1. The van der Waals surface area contributed by atoms with E-state index in [0.29, 0.717) is 17.6 Å². The van der Waals surface area contributed by atoms with Gasteiger partial charge in [-0.05, 0) is 31.2 Å². The van der Waals surface area contributed by atoms with Crippen molar-refractivity contribution in [2.75, 3.05) is 12.4 Å². The van der Waals surface area contributed by atoms with Crippen LogP contribution in [-0.4, -0.2) is 19.1 Å². The van der Waals surface area contributed by atoms with E-state index in [1.54, 1.807) is 24.3 Å². The molecule has 4 nitrogen and oxygen atoms in total. The Labute approximate surface area is 126 Å². The van der Waals surface area contributed by atoms with E-state index in [2.05, 4.69) is 5.32 Å². The van der Waals surface area contributed by atoms with Crippen molar-refractivity contribution in [3.8, 4) is 11.5 Å². The van der Waals surface area contributed by atoms with Crippen LogP contribution in [0.2, 0.25) is 0 Å².